The highest BCUT2D eigenvalue weighted by molar-refractivity contribution is 7.61. The SMILES string of the molecule is [N-]=[N+]=Nc1nc(N)c2ncn([C@@H]3O[C@H](COP(=O)(OC[C@H]4O[C@@H]([n+]5cccc(C(N)=O)c5)[C@H](O)[C@@H]4O)OP(=O)(O)O)[C@@H](O)[C@H]3O)c2n1. The second-order valence-electron chi connectivity index (χ2n) is 10.0. The summed E-state index contributed by atoms with van der Waals surface area (Å²) in [6.07, 6.45) is -8.80. The topological polar surface area (TPSA) is 367 Å². The molecule has 1 amide bonds. The zero-order valence-electron chi connectivity index (χ0n) is 23.5. The van der Waals surface area contributed by atoms with Crippen molar-refractivity contribution in [3.63, 3.8) is 0 Å². The van der Waals surface area contributed by atoms with Gasteiger partial charge < -0.3 is 51.2 Å². The minimum Gasteiger partial charge on any atom is -0.387 e. The van der Waals surface area contributed by atoms with Gasteiger partial charge >= 0.3 is 15.6 Å². The van der Waals surface area contributed by atoms with Crippen LogP contribution in [-0.4, -0.2) is 105 Å². The van der Waals surface area contributed by atoms with Crippen LogP contribution in [0.1, 0.15) is 22.8 Å². The standard InChI is InChI=1S/C21H26N10O14P2/c22-16-11-18(27-21(26-16)28-29-24)31(7-25-11)20-15(35)13(33)10(44-20)6-42-47(40,45-46(37,38)39)41-5-9-12(32)14(34)19(43-9)30-3-1-2-8(4-30)17(23)36/h1-4,7,9-10,12-15,19-20,32-35H,5-6H2,(H5-,22,23,26,27,36,37,38,39)/p+1/t9-,10-,12-,13-,14-,15-,19-,20-,47?/m1/s1. The van der Waals surface area contributed by atoms with Crippen LogP contribution in [0.5, 0.6) is 0 Å². The van der Waals surface area contributed by atoms with Gasteiger partial charge in [-0.25, -0.2) is 24.1 Å². The van der Waals surface area contributed by atoms with Crippen molar-refractivity contribution in [2.45, 2.75) is 49.1 Å². The summed E-state index contributed by atoms with van der Waals surface area (Å²) < 4.78 is 52.8. The number of hydrogen-bond donors (Lipinski definition) is 8. The molecule has 47 heavy (non-hydrogen) atoms. The number of hydrogen-bond acceptors (Lipinski definition) is 17. The van der Waals surface area contributed by atoms with Crippen LogP contribution in [0.4, 0.5) is 11.8 Å². The summed E-state index contributed by atoms with van der Waals surface area (Å²) >= 11 is 0. The van der Waals surface area contributed by atoms with E-state index in [-0.39, 0.29) is 28.5 Å². The fraction of sp³-hybridized carbons (Fsp3) is 0.476. The minimum atomic E-state index is -5.57. The lowest BCUT2D eigenvalue weighted by Crippen LogP contribution is -2.46. The number of imidazole rings is 1. The van der Waals surface area contributed by atoms with Crippen LogP contribution in [0, 0.1) is 0 Å². The lowest BCUT2D eigenvalue weighted by Gasteiger charge is -2.22. The molecule has 10 N–H and O–H groups in total. The van der Waals surface area contributed by atoms with Gasteiger partial charge in [-0.05, 0) is 16.7 Å². The summed E-state index contributed by atoms with van der Waals surface area (Å²) in [5.74, 6) is -1.34. The monoisotopic (exact) mass is 705 g/mol. The van der Waals surface area contributed by atoms with Gasteiger partial charge in [-0.15, -0.1) is 0 Å². The summed E-state index contributed by atoms with van der Waals surface area (Å²) in [5.41, 5.74) is 19.8. The Morgan fingerprint density at radius 3 is 2.38 bits per heavy atom. The number of phosphoric acid groups is 2. The third-order valence-corrected chi connectivity index (χ3v) is 9.50. The van der Waals surface area contributed by atoms with Crippen LogP contribution in [-0.2, 0) is 32.0 Å². The molecule has 5 rings (SSSR count). The second kappa shape index (κ2) is 13.4. The van der Waals surface area contributed by atoms with Gasteiger partial charge in [-0.1, -0.05) is 0 Å². The molecule has 3 aromatic heterocycles. The Hall–Kier alpha value is -3.70. The largest absolute Gasteiger partial charge is 0.483 e. The molecule has 2 fully saturated rings. The number of phosphoric ester groups is 1. The molecule has 0 radical (unpaired) electrons. The van der Waals surface area contributed by atoms with E-state index in [1.54, 1.807) is 0 Å². The van der Waals surface area contributed by atoms with E-state index in [1.807, 2.05) is 0 Å². The number of nitrogens with two attached hydrogens (primary N) is 2. The van der Waals surface area contributed by atoms with Crippen molar-refractivity contribution < 1.29 is 71.5 Å². The van der Waals surface area contributed by atoms with E-state index in [2.05, 4.69) is 29.3 Å². The van der Waals surface area contributed by atoms with E-state index in [0.717, 1.165) is 10.9 Å². The third-order valence-electron chi connectivity index (χ3n) is 6.92. The second-order valence-corrected chi connectivity index (χ2v) is 13.1. The number of nitrogen functional groups attached to an aromatic ring is 1. The number of anilines is 1. The highest BCUT2D eigenvalue weighted by Crippen LogP contribution is 2.61. The molecule has 0 saturated carbocycles. The highest BCUT2D eigenvalue weighted by Gasteiger charge is 2.51. The van der Waals surface area contributed by atoms with E-state index in [0.29, 0.717) is 0 Å². The molecule has 0 spiro atoms. The number of azide groups is 1. The van der Waals surface area contributed by atoms with Crippen molar-refractivity contribution in [3.8, 4) is 0 Å². The van der Waals surface area contributed by atoms with Crippen LogP contribution < -0.4 is 16.0 Å². The molecule has 1 unspecified atom stereocenters. The minimum absolute atomic E-state index is 0.0301. The number of nitrogens with zero attached hydrogens (tertiary/aromatic N) is 8. The van der Waals surface area contributed by atoms with E-state index >= 15 is 0 Å². The first-order valence-electron chi connectivity index (χ1n) is 13.2. The number of carbonyl (C=O) groups excluding carboxylic acids is 1. The molecule has 2 saturated heterocycles. The van der Waals surface area contributed by atoms with Crippen LogP contribution >= 0.6 is 15.6 Å². The fourth-order valence-electron chi connectivity index (χ4n) is 4.75. The normalized spacial score (nSPS) is 29.1. The molecule has 254 valence electrons. The molecule has 5 heterocycles. The lowest BCUT2D eigenvalue weighted by atomic mass is 10.1. The smallest absolute Gasteiger partial charge is 0.387 e. The van der Waals surface area contributed by atoms with Gasteiger partial charge in [-0.3, -0.25) is 18.4 Å². The zero-order valence-corrected chi connectivity index (χ0v) is 25.3. The maximum Gasteiger partial charge on any atom is 0.483 e. The molecule has 3 aromatic rings. The first-order valence-corrected chi connectivity index (χ1v) is 16.1. The molecule has 0 aromatic carbocycles. The van der Waals surface area contributed by atoms with Crippen molar-refractivity contribution in [2.75, 3.05) is 18.9 Å². The number of primary amides is 1. The quantitative estimate of drug-likeness (QED) is 0.0329. The van der Waals surface area contributed by atoms with Gasteiger partial charge in [0.2, 0.25) is 5.95 Å². The molecular formula is C21H27N10O14P2+. The summed E-state index contributed by atoms with van der Waals surface area (Å²) in [6, 6.07) is 2.81. The van der Waals surface area contributed by atoms with E-state index < -0.39 is 83.8 Å². The van der Waals surface area contributed by atoms with E-state index in [4.69, 9.17) is 35.5 Å². The average Bonchev–Trinajstić information content (AvgIpc) is 3.64. The van der Waals surface area contributed by atoms with E-state index in [9.17, 15) is 44.1 Å². The van der Waals surface area contributed by atoms with Gasteiger partial charge in [0.1, 0.15) is 41.6 Å². The molecule has 2 aliphatic rings. The van der Waals surface area contributed by atoms with Crippen LogP contribution in [0.15, 0.2) is 36.0 Å². The molecule has 24 nitrogen and oxygen atoms in total. The van der Waals surface area contributed by atoms with Crippen LogP contribution in [0.25, 0.3) is 21.6 Å². The maximum atomic E-state index is 13.3. The molecule has 26 heteroatoms. The van der Waals surface area contributed by atoms with Crippen molar-refractivity contribution in [3.05, 3.63) is 46.9 Å². The van der Waals surface area contributed by atoms with Gasteiger partial charge in [-0.2, -0.15) is 8.88 Å². The van der Waals surface area contributed by atoms with E-state index in [1.165, 1.54) is 29.1 Å². The van der Waals surface area contributed by atoms with Crippen molar-refractivity contribution >= 4 is 44.5 Å². The third kappa shape index (κ3) is 7.41. The van der Waals surface area contributed by atoms with Crippen molar-refractivity contribution in [2.24, 2.45) is 10.8 Å². The molecule has 0 bridgehead atoms. The number of aromatic nitrogens is 5. The average molecular weight is 705 g/mol. The lowest BCUT2D eigenvalue weighted by molar-refractivity contribution is -0.765. The highest BCUT2D eigenvalue weighted by atomic mass is 31.3. The summed E-state index contributed by atoms with van der Waals surface area (Å²) in [5, 5.41) is 45.6. The summed E-state index contributed by atoms with van der Waals surface area (Å²) in [7, 11) is -10.8. The van der Waals surface area contributed by atoms with Gasteiger partial charge in [0.25, 0.3) is 12.1 Å². The predicted molar refractivity (Wildman–Crippen MR) is 148 cm³/mol. The van der Waals surface area contributed by atoms with Gasteiger partial charge in [0.05, 0.1) is 19.5 Å². The zero-order chi connectivity index (χ0) is 34.3. The van der Waals surface area contributed by atoms with Gasteiger partial charge in [0.15, 0.2) is 36.2 Å². The predicted octanol–water partition coefficient (Wildman–Crippen LogP) is -2.07. The Morgan fingerprint density at radius 1 is 1.09 bits per heavy atom. The Labute approximate surface area is 261 Å². The first-order chi connectivity index (χ1) is 22.1. The van der Waals surface area contributed by atoms with Crippen LogP contribution in [0.3, 0.4) is 0 Å². The van der Waals surface area contributed by atoms with Gasteiger partial charge in [0, 0.05) is 11.0 Å². The molecule has 2 aliphatic heterocycles. The maximum absolute atomic E-state index is 13.3. The Bertz CT molecular complexity index is 1800. The van der Waals surface area contributed by atoms with Crippen molar-refractivity contribution in [1.29, 1.82) is 0 Å². The number of pyridine rings is 1. The fourth-order valence-corrected chi connectivity index (χ4v) is 6.90. The number of rotatable bonds is 12. The number of aliphatic hydroxyl groups is 4. The first kappa shape index (κ1) is 34.6. The number of amides is 1. The molecular weight excluding hydrogens is 678 g/mol. The number of carbonyl (C=O) groups is 1. The Balaban J connectivity index is 1.29. The summed E-state index contributed by atoms with van der Waals surface area (Å²) in [4.78, 5) is 44.6. The summed E-state index contributed by atoms with van der Waals surface area (Å²) in [6.45, 7) is -1.87. The number of ether oxygens (including phenoxy) is 2. The molecule has 0 aliphatic carbocycles. The number of aliphatic hydroxyl groups excluding tert-OH is 4. The van der Waals surface area contributed by atoms with Crippen LogP contribution in [0.2, 0.25) is 0 Å². The Morgan fingerprint density at radius 2 is 1.74 bits per heavy atom. The number of fused-ring (bicyclic) bond motifs is 1. The Kier molecular flexibility index (Phi) is 9.89. The molecule has 9 atom stereocenters. The van der Waals surface area contributed by atoms with Crippen molar-refractivity contribution in [1.82, 2.24) is 19.5 Å².